The summed E-state index contributed by atoms with van der Waals surface area (Å²) in [6.45, 7) is 3.97. The SMILES string of the molecule is Cc1cncc(-c2ccc(C(C(=O)Nc3cccc(CCC(=O)O)c3C)C3CCC3)cc2)c1. The molecule has 2 aromatic carbocycles. The van der Waals surface area contributed by atoms with Gasteiger partial charge in [-0.2, -0.15) is 0 Å². The van der Waals surface area contributed by atoms with Gasteiger partial charge in [0.2, 0.25) is 5.91 Å². The number of carbonyl (C=O) groups is 2. The van der Waals surface area contributed by atoms with Crippen LogP contribution in [0.4, 0.5) is 5.69 Å². The second-order valence-electron chi connectivity index (χ2n) is 9.01. The number of hydrogen-bond acceptors (Lipinski definition) is 3. The van der Waals surface area contributed by atoms with Crippen molar-refractivity contribution < 1.29 is 14.7 Å². The van der Waals surface area contributed by atoms with Crippen LogP contribution >= 0.6 is 0 Å². The summed E-state index contributed by atoms with van der Waals surface area (Å²) < 4.78 is 0. The van der Waals surface area contributed by atoms with Crippen LogP contribution in [-0.2, 0) is 16.0 Å². The summed E-state index contributed by atoms with van der Waals surface area (Å²) >= 11 is 0. The molecule has 5 heteroatoms. The van der Waals surface area contributed by atoms with Crippen molar-refractivity contribution >= 4 is 17.6 Å². The summed E-state index contributed by atoms with van der Waals surface area (Å²) in [5.74, 6) is -0.681. The molecule has 1 unspecified atom stereocenters. The van der Waals surface area contributed by atoms with Crippen molar-refractivity contribution in [1.82, 2.24) is 4.98 Å². The average molecular weight is 443 g/mol. The highest BCUT2D eigenvalue weighted by Crippen LogP contribution is 2.40. The molecule has 1 fully saturated rings. The third kappa shape index (κ3) is 5.30. The molecule has 33 heavy (non-hydrogen) atoms. The minimum absolute atomic E-state index is 0.00292. The number of pyridine rings is 1. The fraction of sp³-hybridized carbons (Fsp3) is 0.321. The number of nitrogens with zero attached hydrogens (tertiary/aromatic N) is 1. The number of rotatable bonds is 8. The van der Waals surface area contributed by atoms with Crippen molar-refractivity contribution in [3.05, 3.63) is 83.2 Å². The van der Waals surface area contributed by atoms with E-state index in [1.165, 1.54) is 0 Å². The molecule has 1 aromatic heterocycles. The molecule has 0 radical (unpaired) electrons. The van der Waals surface area contributed by atoms with E-state index in [-0.39, 0.29) is 18.2 Å². The van der Waals surface area contributed by atoms with Crippen molar-refractivity contribution in [2.45, 2.75) is 51.9 Å². The number of aromatic nitrogens is 1. The largest absolute Gasteiger partial charge is 0.481 e. The molecule has 5 nitrogen and oxygen atoms in total. The molecule has 0 saturated heterocycles. The topological polar surface area (TPSA) is 79.3 Å². The molecule has 0 aliphatic heterocycles. The molecular weight excluding hydrogens is 412 g/mol. The van der Waals surface area contributed by atoms with Crippen LogP contribution in [0.1, 0.15) is 53.9 Å². The number of hydrogen-bond donors (Lipinski definition) is 2. The van der Waals surface area contributed by atoms with Crippen molar-refractivity contribution in [1.29, 1.82) is 0 Å². The minimum Gasteiger partial charge on any atom is -0.481 e. The van der Waals surface area contributed by atoms with Crippen LogP contribution in [0.3, 0.4) is 0 Å². The highest BCUT2D eigenvalue weighted by atomic mass is 16.4. The first-order valence-electron chi connectivity index (χ1n) is 11.6. The Hall–Kier alpha value is -3.47. The molecule has 1 heterocycles. The Bertz CT molecular complexity index is 1150. The maximum atomic E-state index is 13.5. The zero-order valence-electron chi connectivity index (χ0n) is 19.2. The number of amides is 1. The zero-order chi connectivity index (χ0) is 23.4. The molecule has 0 bridgehead atoms. The summed E-state index contributed by atoms with van der Waals surface area (Å²) in [7, 11) is 0. The van der Waals surface area contributed by atoms with Crippen molar-refractivity contribution in [2.75, 3.05) is 5.32 Å². The van der Waals surface area contributed by atoms with Crippen LogP contribution in [0.5, 0.6) is 0 Å². The Morgan fingerprint density at radius 1 is 1.06 bits per heavy atom. The highest BCUT2D eigenvalue weighted by molar-refractivity contribution is 5.97. The first-order valence-corrected chi connectivity index (χ1v) is 11.6. The van der Waals surface area contributed by atoms with E-state index in [2.05, 4.69) is 40.6 Å². The first-order chi connectivity index (χ1) is 15.9. The van der Waals surface area contributed by atoms with E-state index in [4.69, 9.17) is 5.11 Å². The number of aryl methyl sites for hydroxylation is 2. The Labute approximate surface area is 194 Å². The summed E-state index contributed by atoms with van der Waals surface area (Å²) in [5.41, 5.74) is 6.94. The van der Waals surface area contributed by atoms with Gasteiger partial charge in [-0.15, -0.1) is 0 Å². The number of carbonyl (C=O) groups excluding carboxylic acids is 1. The smallest absolute Gasteiger partial charge is 0.303 e. The molecule has 170 valence electrons. The Balaban J connectivity index is 1.55. The molecule has 1 aliphatic carbocycles. The lowest BCUT2D eigenvalue weighted by Gasteiger charge is -2.33. The molecule has 4 rings (SSSR count). The van der Waals surface area contributed by atoms with E-state index in [1.54, 1.807) is 0 Å². The minimum atomic E-state index is -0.821. The Morgan fingerprint density at radius 3 is 2.45 bits per heavy atom. The number of nitrogens with one attached hydrogen (secondary N) is 1. The van der Waals surface area contributed by atoms with Crippen molar-refractivity contribution in [2.24, 2.45) is 5.92 Å². The first kappa shape index (κ1) is 22.7. The molecule has 1 saturated carbocycles. The monoisotopic (exact) mass is 442 g/mol. The second kappa shape index (κ2) is 9.99. The van der Waals surface area contributed by atoms with Gasteiger partial charge < -0.3 is 10.4 Å². The molecule has 3 aromatic rings. The lowest BCUT2D eigenvalue weighted by molar-refractivity contribution is -0.137. The van der Waals surface area contributed by atoms with E-state index in [9.17, 15) is 9.59 Å². The Morgan fingerprint density at radius 2 is 1.82 bits per heavy atom. The van der Waals surface area contributed by atoms with Crippen LogP contribution in [-0.4, -0.2) is 22.0 Å². The second-order valence-corrected chi connectivity index (χ2v) is 9.01. The van der Waals surface area contributed by atoms with E-state index < -0.39 is 5.97 Å². The number of anilines is 1. The summed E-state index contributed by atoms with van der Waals surface area (Å²) in [5, 5.41) is 12.1. The van der Waals surface area contributed by atoms with E-state index in [1.807, 2.05) is 44.4 Å². The molecule has 1 atom stereocenters. The molecule has 0 spiro atoms. The molecule has 1 amide bonds. The van der Waals surface area contributed by atoms with Crippen molar-refractivity contribution in [3.8, 4) is 11.1 Å². The van der Waals surface area contributed by atoms with Gasteiger partial charge in [0, 0.05) is 30.1 Å². The lowest BCUT2D eigenvalue weighted by atomic mass is 9.72. The third-order valence-electron chi connectivity index (χ3n) is 6.69. The zero-order valence-corrected chi connectivity index (χ0v) is 19.2. The lowest BCUT2D eigenvalue weighted by Crippen LogP contribution is -2.31. The quantitative estimate of drug-likeness (QED) is 0.455. The van der Waals surface area contributed by atoms with E-state index >= 15 is 0 Å². The van der Waals surface area contributed by atoms with E-state index in [0.717, 1.165) is 58.3 Å². The summed E-state index contributed by atoms with van der Waals surface area (Å²) in [4.78, 5) is 28.7. The normalized spacial score (nSPS) is 14.4. The third-order valence-corrected chi connectivity index (χ3v) is 6.69. The standard InChI is InChI=1S/C28H30N2O3/c1-18-15-24(17-29-16-18)21-9-11-23(12-10-21)27(22-6-3-7-22)28(33)30-25-8-4-5-20(19(25)2)13-14-26(31)32/h4-5,8-12,15-17,22,27H,3,6-7,13-14H2,1-2H3,(H,30,33)(H,31,32). The maximum Gasteiger partial charge on any atom is 0.303 e. The van der Waals surface area contributed by atoms with Crippen LogP contribution in [0.2, 0.25) is 0 Å². The number of aliphatic carboxylic acids is 1. The van der Waals surface area contributed by atoms with Gasteiger partial charge in [0.25, 0.3) is 0 Å². The fourth-order valence-corrected chi connectivity index (χ4v) is 4.55. The van der Waals surface area contributed by atoms with Crippen molar-refractivity contribution in [3.63, 3.8) is 0 Å². The fourth-order valence-electron chi connectivity index (χ4n) is 4.55. The van der Waals surface area contributed by atoms with Gasteiger partial charge in [-0.25, -0.2) is 0 Å². The number of carboxylic acid groups (broad SMARTS) is 1. The predicted molar refractivity (Wildman–Crippen MR) is 130 cm³/mol. The van der Waals surface area contributed by atoms with Gasteiger partial charge in [-0.3, -0.25) is 14.6 Å². The maximum absolute atomic E-state index is 13.5. The van der Waals surface area contributed by atoms with Gasteiger partial charge >= 0.3 is 5.97 Å². The van der Waals surface area contributed by atoms with Gasteiger partial charge in [-0.05, 0) is 79.0 Å². The van der Waals surface area contributed by atoms with Gasteiger partial charge in [0.05, 0.1) is 5.92 Å². The molecular formula is C28H30N2O3. The highest BCUT2D eigenvalue weighted by Gasteiger charge is 2.34. The van der Waals surface area contributed by atoms with Gasteiger partial charge in [0.1, 0.15) is 0 Å². The number of carboxylic acids is 1. The summed E-state index contributed by atoms with van der Waals surface area (Å²) in [6.07, 6.45) is 7.49. The van der Waals surface area contributed by atoms with Crippen LogP contribution in [0.25, 0.3) is 11.1 Å². The van der Waals surface area contributed by atoms with Crippen LogP contribution in [0, 0.1) is 19.8 Å². The van der Waals surface area contributed by atoms with Crippen LogP contribution < -0.4 is 5.32 Å². The predicted octanol–water partition coefficient (Wildman–Crippen LogP) is 5.91. The molecule has 2 N–H and O–H groups in total. The number of benzene rings is 2. The average Bonchev–Trinajstić information content (AvgIpc) is 2.76. The van der Waals surface area contributed by atoms with Gasteiger partial charge in [0.15, 0.2) is 0 Å². The Kier molecular flexibility index (Phi) is 6.87. The van der Waals surface area contributed by atoms with Gasteiger partial charge in [-0.1, -0.05) is 42.8 Å². The van der Waals surface area contributed by atoms with Crippen LogP contribution in [0.15, 0.2) is 60.9 Å². The molecule has 1 aliphatic rings. The summed E-state index contributed by atoms with van der Waals surface area (Å²) in [6, 6.07) is 16.1. The van der Waals surface area contributed by atoms with E-state index in [0.29, 0.717) is 12.3 Å².